The monoisotopic (exact) mass is 254 g/mol. The van der Waals surface area contributed by atoms with Crippen molar-refractivity contribution in [1.29, 1.82) is 0 Å². The first kappa shape index (κ1) is 16.7. The van der Waals surface area contributed by atoms with E-state index >= 15 is 0 Å². The number of hydrogen-bond acceptors (Lipinski definition) is 2. The lowest BCUT2D eigenvalue weighted by Gasteiger charge is -2.30. The minimum absolute atomic E-state index is 0.0952. The van der Waals surface area contributed by atoms with E-state index in [1.165, 1.54) is 4.90 Å². The number of rotatable bonds is 8. The van der Waals surface area contributed by atoms with Crippen LogP contribution in [0.4, 0.5) is 13.2 Å². The van der Waals surface area contributed by atoms with E-state index in [2.05, 4.69) is 19.2 Å². The summed E-state index contributed by atoms with van der Waals surface area (Å²) >= 11 is 0. The number of alkyl halides is 3. The molecule has 17 heavy (non-hydrogen) atoms. The first-order valence-electron chi connectivity index (χ1n) is 6.38. The SMILES string of the molecule is CCC(CC)NCC(C)N(CC)CC(F)(F)F. The Morgan fingerprint density at radius 1 is 1.12 bits per heavy atom. The molecule has 0 aliphatic heterocycles. The zero-order chi connectivity index (χ0) is 13.5. The summed E-state index contributed by atoms with van der Waals surface area (Å²) < 4.78 is 37.0. The Labute approximate surface area is 103 Å². The van der Waals surface area contributed by atoms with Crippen molar-refractivity contribution >= 4 is 0 Å². The topological polar surface area (TPSA) is 15.3 Å². The molecule has 2 nitrogen and oxygen atoms in total. The fourth-order valence-corrected chi connectivity index (χ4v) is 1.85. The van der Waals surface area contributed by atoms with Gasteiger partial charge in [0, 0.05) is 18.6 Å². The molecule has 0 aromatic carbocycles. The summed E-state index contributed by atoms with van der Waals surface area (Å²) in [7, 11) is 0. The van der Waals surface area contributed by atoms with Gasteiger partial charge in [0.1, 0.15) is 0 Å². The summed E-state index contributed by atoms with van der Waals surface area (Å²) in [6.07, 6.45) is -2.09. The summed E-state index contributed by atoms with van der Waals surface area (Å²) in [4.78, 5) is 1.45. The van der Waals surface area contributed by atoms with Crippen LogP contribution in [0.15, 0.2) is 0 Å². The molecule has 1 unspecified atom stereocenters. The van der Waals surface area contributed by atoms with E-state index in [1.54, 1.807) is 6.92 Å². The highest BCUT2D eigenvalue weighted by Crippen LogP contribution is 2.17. The molecule has 104 valence electrons. The Bertz CT molecular complexity index is 191. The molecule has 0 aromatic heterocycles. The van der Waals surface area contributed by atoms with Crippen molar-refractivity contribution in [2.75, 3.05) is 19.6 Å². The molecule has 1 N–H and O–H groups in total. The van der Waals surface area contributed by atoms with Crippen molar-refractivity contribution in [2.45, 2.75) is 58.8 Å². The fraction of sp³-hybridized carbons (Fsp3) is 1.00. The van der Waals surface area contributed by atoms with Crippen molar-refractivity contribution in [3.63, 3.8) is 0 Å². The van der Waals surface area contributed by atoms with Gasteiger partial charge in [-0.2, -0.15) is 13.2 Å². The van der Waals surface area contributed by atoms with E-state index in [4.69, 9.17) is 0 Å². The van der Waals surface area contributed by atoms with E-state index in [0.717, 1.165) is 12.8 Å². The van der Waals surface area contributed by atoms with Crippen LogP contribution in [0.25, 0.3) is 0 Å². The van der Waals surface area contributed by atoms with Gasteiger partial charge in [-0.25, -0.2) is 0 Å². The molecule has 0 aromatic rings. The van der Waals surface area contributed by atoms with Crippen molar-refractivity contribution in [1.82, 2.24) is 10.2 Å². The fourth-order valence-electron chi connectivity index (χ4n) is 1.85. The molecule has 0 fully saturated rings. The average Bonchev–Trinajstić information content (AvgIpc) is 2.25. The van der Waals surface area contributed by atoms with E-state index in [1.807, 2.05) is 6.92 Å². The van der Waals surface area contributed by atoms with Gasteiger partial charge in [-0.1, -0.05) is 20.8 Å². The van der Waals surface area contributed by atoms with Gasteiger partial charge in [0.2, 0.25) is 0 Å². The summed E-state index contributed by atoms with van der Waals surface area (Å²) in [5, 5.41) is 3.31. The Morgan fingerprint density at radius 3 is 2.00 bits per heavy atom. The van der Waals surface area contributed by atoms with Gasteiger partial charge in [0.15, 0.2) is 0 Å². The molecule has 0 rings (SSSR count). The van der Waals surface area contributed by atoms with Crippen LogP contribution in [0, 0.1) is 0 Å². The van der Waals surface area contributed by atoms with Crippen LogP contribution in [0.1, 0.15) is 40.5 Å². The molecule has 0 saturated heterocycles. The smallest absolute Gasteiger partial charge is 0.312 e. The number of halogens is 3. The van der Waals surface area contributed by atoms with E-state index in [0.29, 0.717) is 19.1 Å². The van der Waals surface area contributed by atoms with Crippen LogP contribution in [-0.4, -0.2) is 42.8 Å². The Hall–Kier alpha value is -0.290. The van der Waals surface area contributed by atoms with Crippen LogP contribution in [0.3, 0.4) is 0 Å². The van der Waals surface area contributed by atoms with E-state index in [9.17, 15) is 13.2 Å². The maximum absolute atomic E-state index is 12.3. The summed E-state index contributed by atoms with van der Waals surface area (Å²) in [5.41, 5.74) is 0. The third-order valence-corrected chi connectivity index (χ3v) is 3.10. The second kappa shape index (κ2) is 7.93. The van der Waals surface area contributed by atoms with Gasteiger partial charge < -0.3 is 5.32 Å². The Morgan fingerprint density at radius 2 is 1.65 bits per heavy atom. The first-order chi connectivity index (χ1) is 7.84. The van der Waals surface area contributed by atoms with Gasteiger partial charge in [0.25, 0.3) is 0 Å². The molecular formula is C12H25F3N2. The summed E-state index contributed by atoms with van der Waals surface area (Å²) in [6, 6.07) is 0.310. The molecule has 0 radical (unpaired) electrons. The predicted octanol–water partition coefficient (Wildman–Crippen LogP) is 3.04. The minimum Gasteiger partial charge on any atom is -0.312 e. The standard InChI is InChI=1S/C12H25F3N2/c1-5-11(6-2)16-8-10(4)17(7-3)9-12(13,14)15/h10-11,16H,5-9H2,1-4H3. The first-order valence-corrected chi connectivity index (χ1v) is 6.38. The van der Waals surface area contributed by atoms with Crippen LogP contribution in [0.5, 0.6) is 0 Å². The van der Waals surface area contributed by atoms with Gasteiger partial charge in [-0.3, -0.25) is 4.90 Å². The van der Waals surface area contributed by atoms with E-state index < -0.39 is 12.7 Å². The number of likely N-dealkylation sites (N-methyl/N-ethyl adjacent to an activating group) is 1. The highest BCUT2D eigenvalue weighted by atomic mass is 19.4. The molecule has 0 aliphatic rings. The van der Waals surface area contributed by atoms with Crippen molar-refractivity contribution < 1.29 is 13.2 Å². The predicted molar refractivity (Wildman–Crippen MR) is 65.1 cm³/mol. The largest absolute Gasteiger partial charge is 0.401 e. The Kier molecular flexibility index (Phi) is 7.79. The molecular weight excluding hydrogens is 229 g/mol. The van der Waals surface area contributed by atoms with Gasteiger partial charge in [0.05, 0.1) is 6.54 Å². The molecule has 1 atom stereocenters. The highest BCUT2D eigenvalue weighted by molar-refractivity contribution is 4.74. The third-order valence-electron chi connectivity index (χ3n) is 3.10. The maximum Gasteiger partial charge on any atom is 0.401 e. The third kappa shape index (κ3) is 7.60. The average molecular weight is 254 g/mol. The lowest BCUT2D eigenvalue weighted by molar-refractivity contribution is -0.149. The second-order valence-electron chi connectivity index (χ2n) is 4.45. The Balaban J connectivity index is 4.12. The molecule has 0 spiro atoms. The molecule has 0 saturated carbocycles. The lowest BCUT2D eigenvalue weighted by atomic mass is 10.1. The normalized spacial score (nSPS) is 14.6. The van der Waals surface area contributed by atoms with Crippen molar-refractivity contribution in [3.05, 3.63) is 0 Å². The van der Waals surface area contributed by atoms with Gasteiger partial charge in [-0.05, 0) is 26.3 Å². The number of nitrogens with zero attached hydrogens (tertiary/aromatic N) is 1. The molecule has 0 heterocycles. The van der Waals surface area contributed by atoms with E-state index in [-0.39, 0.29) is 6.04 Å². The summed E-state index contributed by atoms with van der Waals surface area (Å²) in [6.45, 7) is 7.97. The van der Waals surface area contributed by atoms with Crippen LogP contribution >= 0.6 is 0 Å². The zero-order valence-electron chi connectivity index (χ0n) is 11.3. The minimum atomic E-state index is -4.11. The van der Waals surface area contributed by atoms with Crippen molar-refractivity contribution in [3.8, 4) is 0 Å². The molecule has 0 aliphatic carbocycles. The summed E-state index contributed by atoms with van der Waals surface area (Å²) in [5.74, 6) is 0. The van der Waals surface area contributed by atoms with Crippen molar-refractivity contribution in [2.24, 2.45) is 0 Å². The molecule has 0 amide bonds. The van der Waals surface area contributed by atoms with Crippen LogP contribution < -0.4 is 5.32 Å². The number of hydrogen-bond donors (Lipinski definition) is 1. The molecule has 0 bridgehead atoms. The quantitative estimate of drug-likeness (QED) is 0.716. The second-order valence-corrected chi connectivity index (χ2v) is 4.45. The van der Waals surface area contributed by atoms with Gasteiger partial charge >= 0.3 is 6.18 Å². The van der Waals surface area contributed by atoms with Crippen LogP contribution in [-0.2, 0) is 0 Å². The lowest BCUT2D eigenvalue weighted by Crippen LogP contribution is -2.46. The highest BCUT2D eigenvalue weighted by Gasteiger charge is 2.31. The van der Waals surface area contributed by atoms with Gasteiger partial charge in [-0.15, -0.1) is 0 Å². The number of nitrogens with one attached hydrogen (secondary N) is 1. The zero-order valence-corrected chi connectivity index (χ0v) is 11.3. The molecule has 5 heteroatoms. The maximum atomic E-state index is 12.3. The van der Waals surface area contributed by atoms with Crippen LogP contribution in [0.2, 0.25) is 0 Å².